The summed E-state index contributed by atoms with van der Waals surface area (Å²) in [4.78, 5) is 12.6. The van der Waals surface area contributed by atoms with Crippen molar-refractivity contribution in [2.75, 3.05) is 5.32 Å². The molecule has 2 aliphatic heterocycles. The van der Waals surface area contributed by atoms with E-state index >= 15 is 0 Å². The maximum atomic E-state index is 12.6. The second kappa shape index (κ2) is 4.38. The summed E-state index contributed by atoms with van der Waals surface area (Å²) in [5, 5.41) is 12.3. The fraction of sp³-hybridized carbons (Fsp3) is 0.286. The molecule has 1 aromatic rings. The molecule has 3 N–H and O–H groups in total. The van der Waals surface area contributed by atoms with Crippen LogP contribution >= 0.6 is 22.6 Å². The van der Waals surface area contributed by atoms with Crippen LogP contribution < -0.4 is 11.1 Å². The fourth-order valence-electron chi connectivity index (χ4n) is 2.99. The Labute approximate surface area is 129 Å². The molecular weight excluding hydrogens is 369 g/mol. The van der Waals surface area contributed by atoms with Crippen molar-refractivity contribution in [3.05, 3.63) is 38.8 Å². The highest BCUT2D eigenvalue weighted by Crippen LogP contribution is 2.49. The van der Waals surface area contributed by atoms with Gasteiger partial charge in [-0.25, -0.2) is 0 Å². The molecule has 0 radical (unpaired) electrons. The highest BCUT2D eigenvalue weighted by Gasteiger charge is 2.54. The van der Waals surface area contributed by atoms with E-state index in [1.165, 1.54) is 0 Å². The van der Waals surface area contributed by atoms with Crippen molar-refractivity contribution in [1.82, 2.24) is 0 Å². The van der Waals surface area contributed by atoms with E-state index in [2.05, 4.69) is 34.0 Å². The zero-order chi connectivity index (χ0) is 14.5. The summed E-state index contributed by atoms with van der Waals surface area (Å²) in [5.74, 6) is -0.155. The predicted octanol–water partition coefficient (Wildman–Crippen LogP) is 1.98. The summed E-state index contributed by atoms with van der Waals surface area (Å²) in [6, 6.07) is 7.76. The number of nitrogens with two attached hydrogens (primary N) is 1. The molecule has 0 aliphatic carbocycles. The first-order valence-corrected chi connectivity index (χ1v) is 7.25. The first-order valence-electron chi connectivity index (χ1n) is 6.17. The zero-order valence-corrected chi connectivity index (χ0v) is 12.9. The maximum absolute atomic E-state index is 12.6. The number of rotatable bonds is 0. The maximum Gasteiger partial charge on any atom is 0.240 e. The van der Waals surface area contributed by atoms with Gasteiger partial charge in [0.2, 0.25) is 5.91 Å². The highest BCUT2D eigenvalue weighted by molar-refractivity contribution is 14.1. The van der Waals surface area contributed by atoms with E-state index in [9.17, 15) is 10.1 Å². The monoisotopic (exact) mass is 381 g/mol. The lowest BCUT2D eigenvalue weighted by molar-refractivity contribution is -0.121. The van der Waals surface area contributed by atoms with E-state index in [-0.39, 0.29) is 23.5 Å². The van der Waals surface area contributed by atoms with Crippen LogP contribution in [0.1, 0.15) is 18.9 Å². The van der Waals surface area contributed by atoms with Crippen molar-refractivity contribution in [3.8, 4) is 6.07 Å². The number of hydrogen-bond donors (Lipinski definition) is 2. The molecule has 1 aromatic carbocycles. The molecule has 1 unspecified atom stereocenters. The molecule has 6 heteroatoms. The van der Waals surface area contributed by atoms with E-state index < -0.39 is 5.41 Å². The molecule has 0 bridgehead atoms. The number of ether oxygens (including phenoxy) is 1. The van der Waals surface area contributed by atoms with Crippen molar-refractivity contribution < 1.29 is 9.53 Å². The molecule has 0 saturated carbocycles. The standard InChI is InChI=1S/C14H12IN3O2/c1-7-5-14(10(6-16)12(17)20-7)9-4-8(15)2-3-11(9)18-13(14)19/h2-4,7H,5,17H2,1H3,(H,18,19)/t7?,14-/m0/s1. The van der Waals surface area contributed by atoms with Crippen LogP contribution in [-0.4, -0.2) is 12.0 Å². The van der Waals surface area contributed by atoms with E-state index in [0.717, 1.165) is 14.8 Å². The fourth-order valence-corrected chi connectivity index (χ4v) is 3.48. The molecule has 0 aromatic heterocycles. The second-order valence-corrected chi connectivity index (χ2v) is 6.28. The van der Waals surface area contributed by atoms with Gasteiger partial charge >= 0.3 is 0 Å². The third kappa shape index (κ3) is 1.62. The van der Waals surface area contributed by atoms with Crippen molar-refractivity contribution >= 4 is 34.2 Å². The molecule has 5 nitrogen and oxygen atoms in total. The van der Waals surface area contributed by atoms with Crippen LogP contribution in [0.3, 0.4) is 0 Å². The number of halogens is 1. The van der Waals surface area contributed by atoms with E-state index in [4.69, 9.17) is 10.5 Å². The van der Waals surface area contributed by atoms with Gasteiger partial charge in [0.15, 0.2) is 5.88 Å². The molecule has 2 heterocycles. The smallest absolute Gasteiger partial charge is 0.240 e. The number of carbonyl (C=O) groups excluding carboxylic acids is 1. The third-order valence-corrected chi connectivity index (χ3v) is 4.45. The minimum Gasteiger partial charge on any atom is -0.476 e. The zero-order valence-electron chi connectivity index (χ0n) is 10.7. The number of nitriles is 1. The Kier molecular flexibility index (Phi) is 2.90. The number of carbonyl (C=O) groups is 1. The first-order chi connectivity index (χ1) is 9.49. The van der Waals surface area contributed by atoms with Crippen LogP contribution in [0.2, 0.25) is 0 Å². The number of benzene rings is 1. The Morgan fingerprint density at radius 2 is 2.35 bits per heavy atom. The Bertz CT molecular complexity index is 692. The number of anilines is 1. The van der Waals surface area contributed by atoms with Gasteiger partial charge in [0.05, 0.1) is 6.10 Å². The Morgan fingerprint density at radius 1 is 1.60 bits per heavy atom. The molecule has 1 amide bonds. The van der Waals surface area contributed by atoms with E-state index in [1.807, 2.05) is 25.1 Å². The number of fused-ring (bicyclic) bond motifs is 2. The van der Waals surface area contributed by atoms with Gasteiger partial charge in [-0.05, 0) is 53.3 Å². The van der Waals surface area contributed by atoms with E-state index in [0.29, 0.717) is 6.42 Å². The molecule has 0 fully saturated rings. The van der Waals surface area contributed by atoms with Crippen LogP contribution in [0.5, 0.6) is 0 Å². The molecule has 1 spiro atoms. The summed E-state index contributed by atoms with van der Waals surface area (Å²) in [6.45, 7) is 1.85. The average Bonchev–Trinajstić information content (AvgIpc) is 2.63. The topological polar surface area (TPSA) is 88.1 Å². The molecule has 3 rings (SSSR count). The van der Waals surface area contributed by atoms with E-state index in [1.54, 1.807) is 0 Å². The Morgan fingerprint density at radius 3 is 3.05 bits per heavy atom. The van der Waals surface area contributed by atoms with Crippen LogP contribution in [0, 0.1) is 14.9 Å². The molecule has 2 atom stereocenters. The molecule has 2 aliphatic rings. The van der Waals surface area contributed by atoms with Gasteiger partial charge in [0.25, 0.3) is 0 Å². The van der Waals surface area contributed by atoms with Crippen LogP contribution in [0.15, 0.2) is 29.7 Å². The second-order valence-electron chi connectivity index (χ2n) is 5.03. The lowest BCUT2D eigenvalue weighted by atomic mass is 9.70. The van der Waals surface area contributed by atoms with Crippen molar-refractivity contribution in [3.63, 3.8) is 0 Å². The Hall–Kier alpha value is -1.75. The minimum absolute atomic E-state index is 0.0492. The molecule has 102 valence electrons. The number of amides is 1. The summed E-state index contributed by atoms with van der Waals surface area (Å²) in [5.41, 5.74) is 6.58. The summed E-state index contributed by atoms with van der Waals surface area (Å²) < 4.78 is 6.43. The average molecular weight is 381 g/mol. The molecule has 0 saturated heterocycles. The lowest BCUT2D eigenvalue weighted by Crippen LogP contribution is -2.44. The summed E-state index contributed by atoms with van der Waals surface area (Å²) in [7, 11) is 0. The normalized spacial score (nSPS) is 27.9. The summed E-state index contributed by atoms with van der Waals surface area (Å²) >= 11 is 2.19. The van der Waals surface area contributed by atoms with Gasteiger partial charge < -0.3 is 15.8 Å². The van der Waals surface area contributed by atoms with Crippen molar-refractivity contribution in [2.24, 2.45) is 5.73 Å². The van der Waals surface area contributed by atoms with Gasteiger partial charge in [-0.15, -0.1) is 0 Å². The van der Waals surface area contributed by atoms with Gasteiger partial charge in [-0.1, -0.05) is 0 Å². The van der Waals surface area contributed by atoms with Crippen LogP contribution in [0.4, 0.5) is 5.69 Å². The number of hydrogen-bond acceptors (Lipinski definition) is 4. The number of nitrogens with one attached hydrogen (secondary N) is 1. The molecular formula is C14H12IN3O2. The molecule has 20 heavy (non-hydrogen) atoms. The van der Waals surface area contributed by atoms with Crippen LogP contribution in [0.25, 0.3) is 0 Å². The van der Waals surface area contributed by atoms with Gasteiger partial charge in [0.1, 0.15) is 17.1 Å². The minimum atomic E-state index is -1.02. The quantitative estimate of drug-likeness (QED) is 0.673. The van der Waals surface area contributed by atoms with Crippen molar-refractivity contribution in [2.45, 2.75) is 24.9 Å². The van der Waals surface area contributed by atoms with Crippen molar-refractivity contribution in [1.29, 1.82) is 5.26 Å². The highest BCUT2D eigenvalue weighted by atomic mass is 127. The number of nitrogens with zero attached hydrogens (tertiary/aromatic N) is 1. The van der Waals surface area contributed by atoms with Crippen LogP contribution in [-0.2, 0) is 14.9 Å². The van der Waals surface area contributed by atoms with Gasteiger partial charge in [-0.3, -0.25) is 4.79 Å². The lowest BCUT2D eigenvalue weighted by Gasteiger charge is -2.35. The SMILES string of the molecule is CC1C[C@@]2(C(=O)Nc3ccc(I)cc32)C(C#N)=C(N)O1. The third-order valence-electron chi connectivity index (χ3n) is 3.78. The predicted molar refractivity (Wildman–Crippen MR) is 81.5 cm³/mol. The largest absolute Gasteiger partial charge is 0.476 e. The Balaban J connectivity index is 2.32. The first kappa shape index (κ1) is 13.2. The van der Waals surface area contributed by atoms with Gasteiger partial charge in [-0.2, -0.15) is 5.26 Å². The van der Waals surface area contributed by atoms with Gasteiger partial charge in [0, 0.05) is 15.7 Å². The summed E-state index contributed by atoms with van der Waals surface area (Å²) in [6.07, 6.45) is 0.192.